The molecule has 124 valence electrons. The molecule has 0 aromatic rings. The van der Waals surface area contributed by atoms with Crippen molar-refractivity contribution in [2.45, 2.75) is 39.0 Å². The molecule has 0 aromatic carbocycles. The van der Waals surface area contributed by atoms with Crippen LogP contribution in [-0.4, -0.2) is 61.0 Å². The van der Waals surface area contributed by atoms with Crippen LogP contribution in [0, 0.1) is 17.8 Å². The molecule has 2 aliphatic heterocycles. The van der Waals surface area contributed by atoms with Gasteiger partial charge in [-0.15, -0.1) is 0 Å². The minimum absolute atomic E-state index is 0.272. The summed E-state index contributed by atoms with van der Waals surface area (Å²) in [6, 6.07) is 0. The van der Waals surface area contributed by atoms with Crippen LogP contribution in [0.2, 0.25) is 0 Å². The van der Waals surface area contributed by atoms with E-state index in [2.05, 4.69) is 11.8 Å². The van der Waals surface area contributed by atoms with E-state index < -0.39 is 0 Å². The number of ether oxygens (including phenoxy) is 1. The van der Waals surface area contributed by atoms with Crippen LogP contribution >= 0.6 is 0 Å². The Morgan fingerprint density at radius 3 is 2.36 bits per heavy atom. The lowest BCUT2D eigenvalue weighted by Gasteiger charge is -2.39. The Hall–Kier alpha value is -1.10. The van der Waals surface area contributed by atoms with E-state index in [0.717, 1.165) is 51.9 Å². The molecular formula is C17H28N2O3. The first kappa shape index (κ1) is 15.8. The average molecular weight is 308 g/mol. The number of likely N-dealkylation sites (tertiary alicyclic amines) is 1. The Bertz CT molecular complexity index is 416. The largest absolute Gasteiger partial charge is 0.378 e. The number of piperidine rings is 1. The summed E-state index contributed by atoms with van der Waals surface area (Å²) in [5, 5.41) is 0. The third-order valence-electron chi connectivity index (χ3n) is 5.45. The van der Waals surface area contributed by atoms with Crippen molar-refractivity contribution in [3.05, 3.63) is 0 Å². The Kier molecular flexibility index (Phi) is 5.01. The number of amides is 2. The Morgan fingerprint density at radius 2 is 1.73 bits per heavy atom. The fourth-order valence-corrected chi connectivity index (χ4v) is 3.77. The van der Waals surface area contributed by atoms with Gasteiger partial charge in [-0.2, -0.15) is 0 Å². The molecule has 0 aromatic heterocycles. The zero-order valence-electron chi connectivity index (χ0n) is 13.6. The second-order valence-electron chi connectivity index (χ2n) is 6.97. The highest BCUT2D eigenvalue weighted by Gasteiger charge is 2.38. The van der Waals surface area contributed by atoms with Crippen LogP contribution in [0.3, 0.4) is 0 Å². The predicted octanol–water partition coefficient (Wildman–Crippen LogP) is 1.52. The van der Waals surface area contributed by atoms with Gasteiger partial charge in [-0.25, -0.2) is 0 Å². The Morgan fingerprint density at radius 1 is 1.00 bits per heavy atom. The van der Waals surface area contributed by atoms with Crippen LogP contribution in [-0.2, 0) is 14.3 Å². The van der Waals surface area contributed by atoms with Crippen molar-refractivity contribution in [2.24, 2.45) is 17.8 Å². The Balaban J connectivity index is 1.52. The highest BCUT2D eigenvalue weighted by Crippen LogP contribution is 2.35. The number of hydrogen-bond acceptors (Lipinski definition) is 3. The summed E-state index contributed by atoms with van der Waals surface area (Å²) in [5.41, 5.74) is 0. The molecule has 2 saturated heterocycles. The SMILES string of the molecule is CCC1CN(C(=O)C2CC2)CCC1CC(=O)N1CCOCC1. The first-order chi connectivity index (χ1) is 10.7. The van der Waals surface area contributed by atoms with Gasteiger partial charge in [0.2, 0.25) is 11.8 Å². The second-order valence-corrected chi connectivity index (χ2v) is 6.97. The molecule has 0 N–H and O–H groups in total. The van der Waals surface area contributed by atoms with Gasteiger partial charge in [0.1, 0.15) is 0 Å². The first-order valence-electron chi connectivity index (χ1n) is 8.83. The van der Waals surface area contributed by atoms with Crippen LogP contribution in [0.5, 0.6) is 0 Å². The molecule has 1 saturated carbocycles. The number of carbonyl (C=O) groups is 2. The first-order valence-corrected chi connectivity index (χ1v) is 8.83. The van der Waals surface area contributed by atoms with Gasteiger partial charge < -0.3 is 14.5 Å². The molecule has 5 nitrogen and oxygen atoms in total. The molecule has 3 fully saturated rings. The monoisotopic (exact) mass is 308 g/mol. The number of morpholine rings is 1. The van der Waals surface area contributed by atoms with Crippen molar-refractivity contribution in [1.82, 2.24) is 9.80 Å². The minimum atomic E-state index is 0.272. The van der Waals surface area contributed by atoms with E-state index >= 15 is 0 Å². The lowest BCUT2D eigenvalue weighted by atomic mass is 9.81. The van der Waals surface area contributed by atoms with Gasteiger partial charge in [0.25, 0.3) is 0 Å². The molecule has 0 bridgehead atoms. The predicted molar refractivity (Wildman–Crippen MR) is 83.2 cm³/mol. The molecule has 1 aliphatic carbocycles. The number of rotatable bonds is 4. The minimum Gasteiger partial charge on any atom is -0.378 e. The summed E-state index contributed by atoms with van der Waals surface area (Å²) < 4.78 is 5.31. The lowest BCUT2D eigenvalue weighted by molar-refractivity contribution is -0.138. The van der Waals surface area contributed by atoms with Crippen LogP contribution in [0.1, 0.15) is 39.0 Å². The highest BCUT2D eigenvalue weighted by molar-refractivity contribution is 5.81. The summed E-state index contributed by atoms with van der Waals surface area (Å²) in [6.07, 6.45) is 4.82. The topological polar surface area (TPSA) is 49.9 Å². The fourth-order valence-electron chi connectivity index (χ4n) is 3.77. The maximum atomic E-state index is 12.5. The van der Waals surface area contributed by atoms with E-state index in [1.807, 2.05) is 4.90 Å². The highest BCUT2D eigenvalue weighted by atomic mass is 16.5. The van der Waals surface area contributed by atoms with Gasteiger partial charge in [0, 0.05) is 38.5 Å². The van der Waals surface area contributed by atoms with Crippen molar-refractivity contribution in [2.75, 3.05) is 39.4 Å². The quantitative estimate of drug-likeness (QED) is 0.791. The molecule has 2 amide bonds. The second kappa shape index (κ2) is 6.99. The number of carbonyl (C=O) groups excluding carboxylic acids is 2. The Labute approximate surface area is 133 Å². The van der Waals surface area contributed by atoms with Crippen LogP contribution in [0.25, 0.3) is 0 Å². The van der Waals surface area contributed by atoms with E-state index in [1.54, 1.807) is 0 Å². The maximum absolute atomic E-state index is 12.5. The van der Waals surface area contributed by atoms with Gasteiger partial charge in [-0.3, -0.25) is 9.59 Å². The van der Waals surface area contributed by atoms with Crippen LogP contribution < -0.4 is 0 Å². The molecule has 22 heavy (non-hydrogen) atoms. The van der Waals surface area contributed by atoms with Crippen molar-refractivity contribution in [3.8, 4) is 0 Å². The van der Waals surface area contributed by atoms with Crippen molar-refractivity contribution in [3.63, 3.8) is 0 Å². The van der Waals surface area contributed by atoms with E-state index in [4.69, 9.17) is 4.74 Å². The molecule has 2 atom stereocenters. The summed E-state index contributed by atoms with van der Waals surface area (Å²) in [7, 11) is 0. The van der Waals surface area contributed by atoms with Gasteiger partial charge >= 0.3 is 0 Å². The molecule has 5 heteroatoms. The molecule has 3 rings (SSSR count). The summed E-state index contributed by atoms with van der Waals surface area (Å²) >= 11 is 0. The van der Waals surface area contributed by atoms with Gasteiger partial charge in [0.15, 0.2) is 0 Å². The average Bonchev–Trinajstić information content (AvgIpc) is 3.40. The number of nitrogens with zero attached hydrogens (tertiary/aromatic N) is 2. The van der Waals surface area contributed by atoms with E-state index in [0.29, 0.717) is 43.3 Å². The van der Waals surface area contributed by atoms with Gasteiger partial charge in [-0.05, 0) is 31.1 Å². The fraction of sp³-hybridized carbons (Fsp3) is 0.882. The van der Waals surface area contributed by atoms with Crippen molar-refractivity contribution >= 4 is 11.8 Å². The molecule has 2 unspecified atom stereocenters. The zero-order valence-corrected chi connectivity index (χ0v) is 13.6. The maximum Gasteiger partial charge on any atom is 0.225 e. The third-order valence-corrected chi connectivity index (χ3v) is 5.45. The van der Waals surface area contributed by atoms with Gasteiger partial charge in [0.05, 0.1) is 13.2 Å². The third kappa shape index (κ3) is 3.62. The van der Waals surface area contributed by atoms with E-state index in [9.17, 15) is 9.59 Å². The lowest BCUT2D eigenvalue weighted by Crippen LogP contribution is -2.47. The summed E-state index contributed by atoms with van der Waals surface area (Å²) in [6.45, 7) is 6.67. The van der Waals surface area contributed by atoms with Crippen molar-refractivity contribution in [1.29, 1.82) is 0 Å². The number of hydrogen-bond donors (Lipinski definition) is 0. The van der Waals surface area contributed by atoms with E-state index in [-0.39, 0.29) is 5.91 Å². The zero-order chi connectivity index (χ0) is 15.5. The van der Waals surface area contributed by atoms with Crippen molar-refractivity contribution < 1.29 is 14.3 Å². The summed E-state index contributed by atoms with van der Waals surface area (Å²) in [5.74, 6) is 1.85. The van der Waals surface area contributed by atoms with Crippen LogP contribution in [0.4, 0.5) is 0 Å². The summed E-state index contributed by atoms with van der Waals surface area (Å²) in [4.78, 5) is 28.7. The molecule has 0 spiro atoms. The molecular weight excluding hydrogens is 280 g/mol. The molecule has 0 radical (unpaired) electrons. The van der Waals surface area contributed by atoms with E-state index in [1.165, 1.54) is 0 Å². The standard InChI is InChI=1S/C17H28N2O3/c1-2-13-12-19(17(21)14-3-4-14)6-5-15(13)11-16(20)18-7-9-22-10-8-18/h13-15H,2-12H2,1H3. The normalized spacial score (nSPS) is 29.5. The van der Waals surface area contributed by atoms with Crippen LogP contribution in [0.15, 0.2) is 0 Å². The smallest absolute Gasteiger partial charge is 0.225 e. The van der Waals surface area contributed by atoms with Gasteiger partial charge in [-0.1, -0.05) is 13.3 Å². The molecule has 2 heterocycles. The molecule has 3 aliphatic rings.